The summed E-state index contributed by atoms with van der Waals surface area (Å²) in [5.41, 5.74) is 0. The second-order valence-corrected chi connectivity index (χ2v) is 6.75. The van der Waals surface area contributed by atoms with E-state index in [1.165, 1.54) is 13.3 Å². The van der Waals surface area contributed by atoms with Crippen LogP contribution in [-0.2, 0) is 19.1 Å². The Morgan fingerprint density at radius 1 is 1.04 bits per heavy atom. The van der Waals surface area contributed by atoms with Crippen LogP contribution in [0.15, 0.2) is 0 Å². The quantitative estimate of drug-likeness (QED) is 0.450. The molecule has 5 nitrogen and oxygen atoms in total. The van der Waals surface area contributed by atoms with Crippen molar-refractivity contribution in [1.82, 2.24) is 4.90 Å². The molecule has 0 unspecified atom stereocenters. The van der Waals surface area contributed by atoms with Gasteiger partial charge in [0.25, 0.3) is 0 Å². The monoisotopic (exact) mass is 339 g/mol. The Morgan fingerprint density at radius 3 is 2.42 bits per heavy atom. The third-order valence-corrected chi connectivity index (χ3v) is 4.66. The van der Waals surface area contributed by atoms with E-state index in [1.807, 2.05) is 11.8 Å². The summed E-state index contributed by atoms with van der Waals surface area (Å²) in [6.07, 6.45) is 7.50. The molecule has 0 aliphatic carbocycles. The number of esters is 1. The summed E-state index contributed by atoms with van der Waals surface area (Å²) in [6, 6.07) is -0.0290. The molecule has 1 fully saturated rings. The fourth-order valence-corrected chi connectivity index (χ4v) is 3.30. The van der Waals surface area contributed by atoms with Gasteiger partial charge < -0.3 is 14.4 Å². The van der Waals surface area contributed by atoms with Gasteiger partial charge in [-0.15, -0.1) is 0 Å². The highest BCUT2D eigenvalue weighted by molar-refractivity contribution is 5.81. The molecule has 24 heavy (non-hydrogen) atoms. The maximum atomic E-state index is 12.5. The summed E-state index contributed by atoms with van der Waals surface area (Å²) in [4.78, 5) is 37.3. The number of piperidine rings is 1. The first-order chi connectivity index (χ1) is 11.5. The van der Waals surface area contributed by atoms with Gasteiger partial charge in [0.05, 0.1) is 12.5 Å². The van der Waals surface area contributed by atoms with E-state index in [-0.39, 0.29) is 42.6 Å². The van der Waals surface area contributed by atoms with Crippen molar-refractivity contribution in [2.75, 3.05) is 6.54 Å². The summed E-state index contributed by atoms with van der Waals surface area (Å²) in [5.74, 6) is -0.153. The third kappa shape index (κ3) is 7.02. The van der Waals surface area contributed by atoms with Crippen LogP contribution in [0.4, 0.5) is 0 Å². The number of ether oxygens (including phenoxy) is 1. The number of Topliss-reactive ketones (excluding diaryl/α,β-unsaturated/α-hetero) is 1. The topological polar surface area (TPSA) is 63.7 Å². The van der Waals surface area contributed by atoms with Crippen LogP contribution >= 0.6 is 0 Å². The number of nitrogens with zero attached hydrogens (tertiary/aromatic N) is 1. The Labute approximate surface area is 146 Å². The predicted molar refractivity (Wildman–Crippen MR) is 93.6 cm³/mol. The van der Waals surface area contributed by atoms with E-state index in [2.05, 4.69) is 6.92 Å². The van der Waals surface area contributed by atoms with Gasteiger partial charge in [0.1, 0.15) is 11.9 Å². The Balaban J connectivity index is 2.54. The molecule has 1 heterocycles. The van der Waals surface area contributed by atoms with Gasteiger partial charge in [-0.05, 0) is 32.6 Å². The first kappa shape index (κ1) is 20.7. The maximum Gasteiger partial charge on any atom is 0.306 e. The second kappa shape index (κ2) is 11.2. The largest absolute Gasteiger partial charge is 0.460 e. The summed E-state index contributed by atoms with van der Waals surface area (Å²) >= 11 is 0. The number of likely N-dealkylation sites (tertiary alicyclic amines) is 1. The molecule has 0 spiro atoms. The maximum absolute atomic E-state index is 12.5. The summed E-state index contributed by atoms with van der Waals surface area (Å²) in [6.45, 7) is 6.42. The number of ketones is 1. The number of unbranched alkanes of at least 4 members (excludes halogenated alkanes) is 3. The van der Waals surface area contributed by atoms with Crippen molar-refractivity contribution in [2.45, 2.75) is 97.1 Å². The summed E-state index contributed by atoms with van der Waals surface area (Å²) in [7, 11) is 0. The highest BCUT2D eigenvalue weighted by Gasteiger charge is 2.35. The third-order valence-electron chi connectivity index (χ3n) is 4.66. The van der Waals surface area contributed by atoms with Gasteiger partial charge in [0, 0.05) is 19.4 Å². The van der Waals surface area contributed by atoms with E-state index in [1.54, 1.807) is 0 Å². The fraction of sp³-hybridized carbons (Fsp3) is 0.842. The highest BCUT2D eigenvalue weighted by Crippen LogP contribution is 2.25. The minimum absolute atomic E-state index is 0.00785. The number of amides is 1. The van der Waals surface area contributed by atoms with Crippen molar-refractivity contribution in [1.29, 1.82) is 0 Å². The lowest BCUT2D eigenvalue weighted by molar-refractivity contribution is -0.160. The van der Waals surface area contributed by atoms with Crippen LogP contribution in [0.2, 0.25) is 0 Å². The molecule has 0 aromatic heterocycles. The molecule has 2 atom stereocenters. The Bertz CT molecular complexity index is 422. The van der Waals surface area contributed by atoms with Crippen LogP contribution in [0.1, 0.15) is 85.0 Å². The normalized spacial score (nSPS) is 20.7. The molecule has 1 aliphatic heterocycles. The standard InChI is InChI=1S/C19H33NO4/c1-4-6-7-8-11-18(22)20-14-9-10-17(16(20)5-2)24-19(23)13-12-15(3)21/h16-17H,4-14H2,1-3H3/t16-,17+/m0/s1. The molecule has 5 heteroatoms. The minimum Gasteiger partial charge on any atom is -0.460 e. The molecule has 0 N–H and O–H groups in total. The minimum atomic E-state index is -0.328. The molecule has 0 bridgehead atoms. The van der Waals surface area contributed by atoms with Crippen molar-refractivity contribution in [3.05, 3.63) is 0 Å². The molecule has 138 valence electrons. The average molecular weight is 339 g/mol. The van der Waals surface area contributed by atoms with E-state index < -0.39 is 0 Å². The van der Waals surface area contributed by atoms with Crippen LogP contribution in [0.5, 0.6) is 0 Å². The van der Waals surface area contributed by atoms with Crippen molar-refractivity contribution < 1.29 is 19.1 Å². The molecule has 1 aliphatic rings. The van der Waals surface area contributed by atoms with Crippen LogP contribution in [0, 0.1) is 0 Å². The number of hydrogen-bond donors (Lipinski definition) is 0. The highest BCUT2D eigenvalue weighted by atomic mass is 16.5. The molecule has 1 saturated heterocycles. The second-order valence-electron chi connectivity index (χ2n) is 6.75. The lowest BCUT2D eigenvalue weighted by Gasteiger charge is -2.40. The lowest BCUT2D eigenvalue weighted by Crippen LogP contribution is -2.52. The van der Waals surface area contributed by atoms with Crippen molar-refractivity contribution in [3.63, 3.8) is 0 Å². The van der Waals surface area contributed by atoms with Crippen LogP contribution < -0.4 is 0 Å². The molecule has 1 amide bonds. The Hall–Kier alpha value is -1.39. The summed E-state index contributed by atoms with van der Waals surface area (Å²) in [5, 5.41) is 0. The Kier molecular flexibility index (Phi) is 9.65. The number of carbonyl (C=O) groups excluding carboxylic acids is 3. The smallest absolute Gasteiger partial charge is 0.306 e. The molecule has 0 saturated carbocycles. The zero-order chi connectivity index (χ0) is 17.9. The van der Waals surface area contributed by atoms with Gasteiger partial charge in [-0.1, -0.05) is 33.1 Å². The van der Waals surface area contributed by atoms with E-state index >= 15 is 0 Å². The molecular weight excluding hydrogens is 306 g/mol. The van der Waals surface area contributed by atoms with Gasteiger partial charge in [0.15, 0.2) is 0 Å². The van der Waals surface area contributed by atoms with Gasteiger partial charge in [-0.25, -0.2) is 0 Å². The number of carbonyl (C=O) groups is 3. The van der Waals surface area contributed by atoms with E-state index in [9.17, 15) is 14.4 Å². The molecule has 0 radical (unpaired) electrons. The zero-order valence-corrected chi connectivity index (χ0v) is 15.5. The predicted octanol–water partition coefficient (Wildman–Crippen LogP) is 3.64. The van der Waals surface area contributed by atoms with E-state index in [0.717, 1.165) is 45.1 Å². The fourth-order valence-electron chi connectivity index (χ4n) is 3.30. The zero-order valence-electron chi connectivity index (χ0n) is 15.5. The first-order valence-corrected chi connectivity index (χ1v) is 9.47. The summed E-state index contributed by atoms with van der Waals surface area (Å²) < 4.78 is 5.58. The van der Waals surface area contributed by atoms with Crippen LogP contribution in [0.25, 0.3) is 0 Å². The van der Waals surface area contributed by atoms with Gasteiger partial charge in [-0.2, -0.15) is 0 Å². The van der Waals surface area contributed by atoms with Crippen LogP contribution in [0.3, 0.4) is 0 Å². The van der Waals surface area contributed by atoms with E-state index in [4.69, 9.17) is 4.74 Å². The van der Waals surface area contributed by atoms with Gasteiger partial charge in [-0.3, -0.25) is 9.59 Å². The molecule has 1 rings (SSSR count). The van der Waals surface area contributed by atoms with Crippen molar-refractivity contribution >= 4 is 17.7 Å². The van der Waals surface area contributed by atoms with Gasteiger partial charge >= 0.3 is 5.97 Å². The molecule has 0 aromatic rings. The SMILES string of the molecule is CCCCCCC(=O)N1CCC[C@@H](OC(=O)CCC(C)=O)[C@@H]1CC. The van der Waals surface area contributed by atoms with Crippen LogP contribution in [-0.4, -0.2) is 41.3 Å². The Morgan fingerprint density at radius 2 is 1.79 bits per heavy atom. The van der Waals surface area contributed by atoms with E-state index in [0.29, 0.717) is 6.42 Å². The first-order valence-electron chi connectivity index (χ1n) is 9.47. The average Bonchev–Trinajstić information content (AvgIpc) is 2.56. The lowest BCUT2D eigenvalue weighted by atomic mass is 9.95. The molecular formula is C19H33NO4. The number of hydrogen-bond acceptors (Lipinski definition) is 4. The van der Waals surface area contributed by atoms with Crippen molar-refractivity contribution in [3.8, 4) is 0 Å². The van der Waals surface area contributed by atoms with Gasteiger partial charge in [0.2, 0.25) is 5.91 Å². The van der Waals surface area contributed by atoms with Crippen molar-refractivity contribution in [2.24, 2.45) is 0 Å². The molecule has 0 aromatic carbocycles. The number of rotatable bonds is 10.